The summed E-state index contributed by atoms with van der Waals surface area (Å²) in [4.78, 5) is 0. The van der Waals surface area contributed by atoms with E-state index in [1.54, 1.807) is 0 Å². The van der Waals surface area contributed by atoms with E-state index < -0.39 is 5.79 Å². The quantitative estimate of drug-likeness (QED) is 0.560. The van der Waals surface area contributed by atoms with Gasteiger partial charge in [-0.1, -0.05) is 0 Å². The maximum absolute atomic E-state index is 5.89. The van der Waals surface area contributed by atoms with Crippen LogP contribution in [0.4, 0.5) is 0 Å². The molecule has 4 N–H and O–H groups in total. The van der Waals surface area contributed by atoms with E-state index >= 15 is 0 Å². The highest BCUT2D eigenvalue weighted by molar-refractivity contribution is 4.95. The third-order valence-corrected chi connectivity index (χ3v) is 2.44. The van der Waals surface area contributed by atoms with E-state index in [0.29, 0.717) is 6.54 Å². The highest BCUT2D eigenvalue weighted by Crippen LogP contribution is 2.36. The molecule has 76 valence electrons. The zero-order valence-electron chi connectivity index (χ0n) is 7.90. The fourth-order valence-corrected chi connectivity index (χ4v) is 1.81. The molecule has 2 fully saturated rings. The summed E-state index contributed by atoms with van der Waals surface area (Å²) in [6.45, 7) is 4.10. The second-order valence-electron chi connectivity index (χ2n) is 3.96. The molecule has 0 aromatic rings. The van der Waals surface area contributed by atoms with Crippen molar-refractivity contribution in [3.05, 3.63) is 0 Å². The van der Waals surface area contributed by atoms with Gasteiger partial charge in [0, 0.05) is 6.54 Å². The lowest BCUT2D eigenvalue weighted by atomic mass is 10.1. The van der Waals surface area contributed by atoms with Gasteiger partial charge >= 0.3 is 0 Å². The minimum atomic E-state index is -0.591. The fraction of sp³-hybridized carbons (Fsp3) is 1.00. The molecule has 2 heterocycles. The molecule has 5 heteroatoms. The minimum Gasteiger partial charge on any atom is -0.343 e. The summed E-state index contributed by atoms with van der Waals surface area (Å²) >= 11 is 0. The molecule has 2 aliphatic heterocycles. The molecule has 0 radical (unpaired) electrons. The second-order valence-corrected chi connectivity index (χ2v) is 3.96. The first-order valence-electron chi connectivity index (χ1n) is 4.50. The number of ether oxygens (including phenoxy) is 3. The average molecular weight is 188 g/mol. The largest absolute Gasteiger partial charge is 0.343 e. The molecule has 4 atom stereocenters. The van der Waals surface area contributed by atoms with Crippen LogP contribution in [0.15, 0.2) is 0 Å². The standard InChI is InChI=1S/C8H16N2O3/c1-8(2)12-6-5(10)4(3-9)11-7(6)13-8/h4-7H,3,9-10H2,1-2H3/t4-,5-,6-,7-/m1/s1. The van der Waals surface area contributed by atoms with Crippen molar-refractivity contribution in [1.82, 2.24) is 0 Å². The number of fused-ring (bicyclic) bond motifs is 1. The zero-order valence-corrected chi connectivity index (χ0v) is 7.90. The second kappa shape index (κ2) is 2.90. The summed E-state index contributed by atoms with van der Waals surface area (Å²) in [5, 5.41) is 0. The summed E-state index contributed by atoms with van der Waals surface area (Å²) in [5.41, 5.74) is 11.4. The van der Waals surface area contributed by atoms with Crippen molar-refractivity contribution in [1.29, 1.82) is 0 Å². The number of rotatable bonds is 1. The molecule has 2 saturated heterocycles. The summed E-state index contributed by atoms with van der Waals surface area (Å²) < 4.78 is 16.6. The van der Waals surface area contributed by atoms with Crippen LogP contribution in [0.5, 0.6) is 0 Å². The Kier molecular flexibility index (Phi) is 2.08. The SMILES string of the molecule is CC1(C)O[C@H]2O[C@H](CN)[C@@H](N)[C@H]2O1. The zero-order chi connectivity index (χ0) is 9.64. The van der Waals surface area contributed by atoms with Crippen LogP contribution in [0.2, 0.25) is 0 Å². The van der Waals surface area contributed by atoms with Crippen LogP contribution >= 0.6 is 0 Å². The van der Waals surface area contributed by atoms with E-state index in [9.17, 15) is 0 Å². The first-order chi connectivity index (χ1) is 6.03. The molecule has 13 heavy (non-hydrogen) atoms. The van der Waals surface area contributed by atoms with Crippen molar-refractivity contribution < 1.29 is 14.2 Å². The number of hydrogen-bond donors (Lipinski definition) is 2. The lowest BCUT2D eigenvalue weighted by Crippen LogP contribution is -2.44. The summed E-state index contributed by atoms with van der Waals surface area (Å²) in [5.74, 6) is -0.591. The Balaban J connectivity index is 2.07. The van der Waals surface area contributed by atoms with E-state index in [4.69, 9.17) is 25.7 Å². The van der Waals surface area contributed by atoms with Gasteiger partial charge in [0.15, 0.2) is 12.1 Å². The summed E-state index contributed by atoms with van der Waals surface area (Å²) in [6, 6.07) is -0.184. The number of hydrogen-bond acceptors (Lipinski definition) is 5. The molecule has 0 bridgehead atoms. The van der Waals surface area contributed by atoms with E-state index in [2.05, 4.69) is 0 Å². The molecule has 0 aliphatic carbocycles. The van der Waals surface area contributed by atoms with Gasteiger partial charge in [-0.3, -0.25) is 0 Å². The minimum absolute atomic E-state index is 0.147. The Hall–Kier alpha value is -0.200. The lowest BCUT2D eigenvalue weighted by molar-refractivity contribution is -0.205. The number of nitrogens with two attached hydrogens (primary N) is 2. The Morgan fingerprint density at radius 3 is 2.54 bits per heavy atom. The molecular weight excluding hydrogens is 172 g/mol. The van der Waals surface area contributed by atoms with Crippen LogP contribution in [0.3, 0.4) is 0 Å². The van der Waals surface area contributed by atoms with Gasteiger partial charge < -0.3 is 25.7 Å². The van der Waals surface area contributed by atoms with E-state index in [-0.39, 0.29) is 24.5 Å². The molecule has 2 rings (SSSR count). The molecular formula is C8H16N2O3. The predicted octanol–water partition coefficient (Wildman–Crippen LogP) is -0.851. The first kappa shape index (κ1) is 9.36. The maximum Gasteiger partial charge on any atom is 0.189 e. The Labute approximate surface area is 77.3 Å². The van der Waals surface area contributed by atoms with Crippen LogP contribution in [0.25, 0.3) is 0 Å². The normalized spacial score (nSPS) is 48.0. The summed E-state index contributed by atoms with van der Waals surface area (Å²) in [7, 11) is 0. The van der Waals surface area contributed by atoms with E-state index in [1.165, 1.54) is 0 Å². The molecule has 0 unspecified atom stereocenters. The van der Waals surface area contributed by atoms with Gasteiger partial charge in [0.25, 0.3) is 0 Å². The monoisotopic (exact) mass is 188 g/mol. The van der Waals surface area contributed by atoms with E-state index in [0.717, 1.165) is 0 Å². The highest BCUT2D eigenvalue weighted by Gasteiger charge is 2.52. The van der Waals surface area contributed by atoms with Crippen LogP contribution in [-0.2, 0) is 14.2 Å². The maximum atomic E-state index is 5.89. The fourth-order valence-electron chi connectivity index (χ4n) is 1.81. The van der Waals surface area contributed by atoms with Crippen molar-refractivity contribution in [3.8, 4) is 0 Å². The van der Waals surface area contributed by atoms with Gasteiger partial charge in [-0.05, 0) is 13.8 Å². The average Bonchev–Trinajstić information content (AvgIpc) is 2.47. The van der Waals surface area contributed by atoms with Crippen molar-refractivity contribution in [2.24, 2.45) is 11.5 Å². The Bertz CT molecular complexity index is 210. The van der Waals surface area contributed by atoms with Crippen molar-refractivity contribution in [3.63, 3.8) is 0 Å². The predicted molar refractivity (Wildman–Crippen MR) is 45.7 cm³/mol. The van der Waals surface area contributed by atoms with Crippen molar-refractivity contribution in [2.45, 2.75) is 44.2 Å². The van der Waals surface area contributed by atoms with Gasteiger partial charge in [0.1, 0.15) is 6.10 Å². The van der Waals surface area contributed by atoms with Crippen molar-refractivity contribution >= 4 is 0 Å². The molecule has 2 aliphatic rings. The molecule has 5 nitrogen and oxygen atoms in total. The smallest absolute Gasteiger partial charge is 0.189 e. The molecule has 0 amide bonds. The lowest BCUT2D eigenvalue weighted by Gasteiger charge is -2.22. The summed E-state index contributed by atoms with van der Waals surface area (Å²) in [6.07, 6.45) is -0.673. The van der Waals surface area contributed by atoms with Crippen LogP contribution in [-0.4, -0.2) is 36.9 Å². The molecule has 0 spiro atoms. The van der Waals surface area contributed by atoms with Crippen LogP contribution < -0.4 is 11.5 Å². The topological polar surface area (TPSA) is 79.7 Å². The highest BCUT2D eigenvalue weighted by atomic mass is 16.8. The van der Waals surface area contributed by atoms with Crippen LogP contribution in [0.1, 0.15) is 13.8 Å². The molecule has 0 aromatic carbocycles. The van der Waals surface area contributed by atoms with Gasteiger partial charge in [0.2, 0.25) is 0 Å². The first-order valence-corrected chi connectivity index (χ1v) is 4.50. The van der Waals surface area contributed by atoms with Gasteiger partial charge in [-0.2, -0.15) is 0 Å². The van der Waals surface area contributed by atoms with Gasteiger partial charge in [0.05, 0.1) is 12.1 Å². The Morgan fingerprint density at radius 1 is 1.31 bits per heavy atom. The third-order valence-electron chi connectivity index (χ3n) is 2.44. The Morgan fingerprint density at radius 2 is 2.00 bits per heavy atom. The van der Waals surface area contributed by atoms with Gasteiger partial charge in [-0.25, -0.2) is 0 Å². The van der Waals surface area contributed by atoms with Gasteiger partial charge in [-0.15, -0.1) is 0 Å². The third kappa shape index (κ3) is 1.47. The molecule has 0 aromatic heterocycles. The van der Waals surface area contributed by atoms with Crippen molar-refractivity contribution in [2.75, 3.05) is 6.54 Å². The van der Waals surface area contributed by atoms with E-state index in [1.807, 2.05) is 13.8 Å². The molecule has 0 saturated carbocycles. The van der Waals surface area contributed by atoms with Crippen LogP contribution in [0, 0.1) is 0 Å².